The van der Waals surface area contributed by atoms with Gasteiger partial charge in [-0.15, -0.1) is 0 Å². The van der Waals surface area contributed by atoms with Crippen LogP contribution in [-0.2, 0) is 0 Å². The van der Waals surface area contributed by atoms with Gasteiger partial charge in [-0.05, 0) is 133 Å². The van der Waals surface area contributed by atoms with E-state index in [1.807, 2.05) is 0 Å². The van der Waals surface area contributed by atoms with Gasteiger partial charge in [-0.3, -0.25) is 0 Å². The molecule has 0 fully saturated rings. The van der Waals surface area contributed by atoms with Crippen molar-refractivity contribution >= 4 is 77.2 Å². The topological polar surface area (TPSA) is 6.48 Å². The molecule has 11 aromatic carbocycles. The van der Waals surface area contributed by atoms with Crippen LogP contribution < -0.4 is 9.80 Å². The summed E-state index contributed by atoms with van der Waals surface area (Å²) in [7, 11) is 0. The van der Waals surface area contributed by atoms with E-state index in [-0.39, 0.29) is 0 Å². The Labute approximate surface area is 356 Å². The lowest BCUT2D eigenvalue weighted by Gasteiger charge is -2.30. The van der Waals surface area contributed by atoms with Crippen molar-refractivity contribution in [2.45, 2.75) is 6.92 Å². The number of para-hydroxylation sites is 2. The normalized spacial score (nSPS) is 11.4. The third-order valence-electron chi connectivity index (χ3n) is 12.2. The van der Waals surface area contributed by atoms with Gasteiger partial charge >= 0.3 is 0 Å². The molecule has 0 aliphatic carbocycles. The number of benzene rings is 11. The fourth-order valence-corrected chi connectivity index (χ4v) is 9.31. The Morgan fingerprint density at radius 1 is 0.262 bits per heavy atom. The Morgan fingerprint density at radius 2 is 0.672 bits per heavy atom. The summed E-state index contributed by atoms with van der Waals surface area (Å²) < 4.78 is 0. The van der Waals surface area contributed by atoms with E-state index in [1.165, 1.54) is 76.6 Å². The van der Waals surface area contributed by atoms with Crippen LogP contribution in [0, 0.1) is 6.92 Å². The molecule has 0 heterocycles. The predicted octanol–water partition coefficient (Wildman–Crippen LogP) is 16.9. The van der Waals surface area contributed by atoms with E-state index < -0.39 is 0 Å². The van der Waals surface area contributed by atoms with Crippen molar-refractivity contribution in [2.75, 3.05) is 9.80 Å². The van der Waals surface area contributed by atoms with Crippen molar-refractivity contribution in [3.05, 3.63) is 242 Å². The molecule has 0 saturated carbocycles. The molecule has 0 saturated heterocycles. The molecule has 0 spiro atoms. The molecule has 0 unspecified atom stereocenters. The van der Waals surface area contributed by atoms with Gasteiger partial charge in [-0.25, -0.2) is 0 Å². The van der Waals surface area contributed by atoms with Crippen LogP contribution in [0.1, 0.15) is 5.56 Å². The van der Waals surface area contributed by atoms with Crippen LogP contribution in [-0.4, -0.2) is 0 Å². The van der Waals surface area contributed by atoms with E-state index in [1.54, 1.807) is 0 Å². The van der Waals surface area contributed by atoms with Gasteiger partial charge in [-0.1, -0.05) is 176 Å². The summed E-state index contributed by atoms with van der Waals surface area (Å²) in [6.45, 7) is 2.28. The third kappa shape index (κ3) is 6.46. The zero-order chi connectivity index (χ0) is 40.7. The highest BCUT2D eigenvalue weighted by molar-refractivity contribution is 6.17. The second kappa shape index (κ2) is 15.3. The lowest BCUT2D eigenvalue weighted by Crippen LogP contribution is -2.13. The molecule has 0 radical (unpaired) electrons. The average molecular weight is 779 g/mol. The Hall–Kier alpha value is -7.94. The Kier molecular flexibility index (Phi) is 9.09. The van der Waals surface area contributed by atoms with Gasteiger partial charge in [0.25, 0.3) is 0 Å². The lowest BCUT2D eigenvalue weighted by molar-refractivity contribution is 1.27. The largest absolute Gasteiger partial charge is 0.310 e. The van der Waals surface area contributed by atoms with Crippen molar-refractivity contribution in [3.8, 4) is 22.3 Å². The lowest BCUT2D eigenvalue weighted by atomic mass is 9.93. The molecule has 0 N–H and O–H groups in total. The van der Waals surface area contributed by atoms with E-state index in [2.05, 4.69) is 253 Å². The smallest absolute Gasteiger partial charge is 0.0575 e. The van der Waals surface area contributed by atoms with Crippen molar-refractivity contribution < 1.29 is 0 Å². The Bertz CT molecular complexity index is 3340. The molecule has 0 aliphatic heterocycles. The van der Waals surface area contributed by atoms with E-state index in [0.717, 1.165) is 28.4 Å². The first-order valence-electron chi connectivity index (χ1n) is 21.0. The van der Waals surface area contributed by atoms with Crippen LogP contribution in [0.3, 0.4) is 0 Å². The van der Waals surface area contributed by atoms with Gasteiger partial charge in [0.2, 0.25) is 0 Å². The quantitative estimate of drug-likeness (QED) is 0.142. The predicted molar refractivity (Wildman–Crippen MR) is 261 cm³/mol. The number of hydrogen-bond acceptors (Lipinski definition) is 2. The minimum absolute atomic E-state index is 1.11. The second-order valence-corrected chi connectivity index (χ2v) is 15.7. The number of nitrogens with zero attached hydrogens (tertiary/aromatic N) is 2. The molecule has 0 atom stereocenters. The zero-order valence-electron chi connectivity index (χ0n) is 33.9. The first-order chi connectivity index (χ1) is 30.2. The van der Waals surface area contributed by atoms with Crippen LogP contribution in [0.5, 0.6) is 0 Å². The van der Waals surface area contributed by atoms with Crippen LogP contribution in [0.15, 0.2) is 237 Å². The van der Waals surface area contributed by atoms with E-state index in [9.17, 15) is 0 Å². The molecular formula is C59H42N2. The molecule has 11 aromatic rings. The van der Waals surface area contributed by atoms with Gasteiger partial charge in [-0.2, -0.15) is 0 Å². The number of anilines is 6. The maximum Gasteiger partial charge on any atom is 0.0575 e. The fourth-order valence-electron chi connectivity index (χ4n) is 9.31. The molecule has 288 valence electrons. The minimum Gasteiger partial charge on any atom is -0.310 e. The van der Waals surface area contributed by atoms with Crippen LogP contribution in [0.4, 0.5) is 34.1 Å². The van der Waals surface area contributed by atoms with Gasteiger partial charge in [0.05, 0.1) is 5.69 Å². The summed E-state index contributed by atoms with van der Waals surface area (Å²) in [6.07, 6.45) is 0. The molecule has 0 aromatic heterocycles. The summed E-state index contributed by atoms with van der Waals surface area (Å²) >= 11 is 0. The molecule has 0 aliphatic rings. The van der Waals surface area contributed by atoms with E-state index >= 15 is 0 Å². The first-order valence-corrected chi connectivity index (χ1v) is 21.0. The highest BCUT2D eigenvalue weighted by Crippen LogP contribution is 2.47. The van der Waals surface area contributed by atoms with E-state index in [4.69, 9.17) is 0 Å². The molecule has 2 heteroatoms. The fraction of sp³-hybridized carbons (Fsp3) is 0.0169. The third-order valence-corrected chi connectivity index (χ3v) is 12.2. The average Bonchev–Trinajstić information content (AvgIpc) is 3.33. The van der Waals surface area contributed by atoms with Crippen molar-refractivity contribution in [2.24, 2.45) is 0 Å². The van der Waals surface area contributed by atoms with Gasteiger partial charge in [0.15, 0.2) is 0 Å². The highest BCUT2D eigenvalue weighted by atomic mass is 15.2. The second-order valence-electron chi connectivity index (χ2n) is 15.7. The summed E-state index contributed by atoms with van der Waals surface area (Å²) in [6, 6.07) is 85.8. The van der Waals surface area contributed by atoms with E-state index in [0.29, 0.717) is 0 Å². The molecule has 61 heavy (non-hydrogen) atoms. The Morgan fingerprint density at radius 3 is 1.23 bits per heavy atom. The van der Waals surface area contributed by atoms with Gasteiger partial charge < -0.3 is 9.80 Å². The summed E-state index contributed by atoms with van der Waals surface area (Å²) in [5.41, 5.74) is 12.9. The van der Waals surface area contributed by atoms with Crippen molar-refractivity contribution in [1.82, 2.24) is 0 Å². The molecule has 0 bridgehead atoms. The zero-order valence-corrected chi connectivity index (χ0v) is 33.9. The minimum atomic E-state index is 1.11. The molecule has 0 amide bonds. The van der Waals surface area contributed by atoms with Crippen molar-refractivity contribution in [1.29, 1.82) is 0 Å². The number of rotatable bonds is 8. The Balaban J connectivity index is 1.05. The van der Waals surface area contributed by atoms with Crippen LogP contribution in [0.2, 0.25) is 0 Å². The molecule has 11 rings (SSSR count). The SMILES string of the molecule is Cc1c(N(c2ccccc2)c2ccc(-c3cccc4ccccc34)cc2)c2ccccc2c2cc(N(c3ccccc3)c3ccc(-c4cccc5ccccc45)cc3)ccc12. The molecule has 2 nitrogen and oxygen atoms in total. The standard InChI is InChI=1S/C59H42N2/c1-41-51-39-38-50(60(46-20-4-2-5-21-46)48-34-30-44(31-35-48)54-28-14-18-42-16-8-10-24-52(42)54)40-58(51)56-26-12-13-27-57(56)59(41)61(47-22-6-3-7-23-47)49-36-32-45(33-37-49)55-29-15-19-43-17-9-11-25-53(43)55/h2-40H,1H3. The van der Waals surface area contributed by atoms with Crippen LogP contribution >= 0.6 is 0 Å². The van der Waals surface area contributed by atoms with Crippen LogP contribution in [0.25, 0.3) is 65.3 Å². The monoisotopic (exact) mass is 778 g/mol. The maximum absolute atomic E-state index is 2.44. The summed E-state index contributed by atoms with van der Waals surface area (Å²) in [5, 5.41) is 9.89. The number of hydrogen-bond donors (Lipinski definition) is 0. The first kappa shape index (κ1) is 36.2. The maximum atomic E-state index is 2.44. The number of fused-ring (bicyclic) bond motifs is 5. The highest BCUT2D eigenvalue weighted by Gasteiger charge is 2.22. The summed E-state index contributed by atoms with van der Waals surface area (Å²) in [4.78, 5) is 4.81. The number of aryl methyl sites for hydroxylation is 1. The van der Waals surface area contributed by atoms with Crippen molar-refractivity contribution in [3.63, 3.8) is 0 Å². The summed E-state index contributed by atoms with van der Waals surface area (Å²) in [5.74, 6) is 0. The van der Waals surface area contributed by atoms with Gasteiger partial charge in [0, 0.05) is 33.8 Å². The van der Waals surface area contributed by atoms with Gasteiger partial charge in [0.1, 0.15) is 0 Å². The molecular weight excluding hydrogens is 737 g/mol.